The predicted molar refractivity (Wildman–Crippen MR) is 115 cm³/mol. The summed E-state index contributed by atoms with van der Waals surface area (Å²) in [7, 11) is 6.43. The predicted octanol–water partition coefficient (Wildman–Crippen LogP) is 6.07. The van der Waals surface area contributed by atoms with Crippen LogP contribution in [0, 0.1) is 0 Å². The van der Waals surface area contributed by atoms with Crippen molar-refractivity contribution in [1.29, 1.82) is 0 Å². The zero-order chi connectivity index (χ0) is 19.7. The summed E-state index contributed by atoms with van der Waals surface area (Å²) in [5.41, 5.74) is 0. The summed E-state index contributed by atoms with van der Waals surface area (Å²) in [6, 6.07) is 0.367. The summed E-state index contributed by atoms with van der Waals surface area (Å²) in [4.78, 5) is 11.9. The van der Waals surface area contributed by atoms with Crippen molar-refractivity contribution < 1.29 is 9.28 Å². The molecule has 0 fully saturated rings. The summed E-state index contributed by atoms with van der Waals surface area (Å²) in [5, 5.41) is 3.08. The first-order valence-corrected chi connectivity index (χ1v) is 11.5. The molecule has 0 aliphatic carbocycles. The number of carbonyl (C=O) groups excluding carboxylic acids is 1. The molecule has 1 amide bonds. The van der Waals surface area contributed by atoms with E-state index in [0.29, 0.717) is 12.5 Å². The first-order chi connectivity index (χ1) is 12.4. The van der Waals surface area contributed by atoms with E-state index in [2.05, 4.69) is 40.3 Å². The van der Waals surface area contributed by atoms with Crippen LogP contribution in [0.3, 0.4) is 0 Å². The highest BCUT2D eigenvalue weighted by atomic mass is 16.1. The van der Waals surface area contributed by atoms with E-state index in [4.69, 9.17) is 0 Å². The number of quaternary nitrogens is 1. The zero-order valence-corrected chi connectivity index (χ0v) is 18.7. The maximum Gasteiger partial charge on any atom is 0.225 e. The molecule has 0 saturated carbocycles. The van der Waals surface area contributed by atoms with Crippen LogP contribution in [0.2, 0.25) is 0 Å². The fourth-order valence-corrected chi connectivity index (χ4v) is 3.16. The number of nitrogens with one attached hydrogen (secondary N) is 1. The van der Waals surface area contributed by atoms with Gasteiger partial charge in [0.1, 0.15) is 0 Å². The van der Waals surface area contributed by atoms with Crippen molar-refractivity contribution in [2.45, 2.75) is 116 Å². The lowest BCUT2D eigenvalue weighted by atomic mass is 10.0. The van der Waals surface area contributed by atoms with E-state index < -0.39 is 0 Å². The number of unbranched alkanes of at least 4 members (excludes halogenated alkanes) is 13. The highest BCUT2D eigenvalue weighted by molar-refractivity contribution is 5.76. The Morgan fingerprint density at radius 3 is 1.50 bits per heavy atom. The van der Waals surface area contributed by atoms with Crippen molar-refractivity contribution in [2.75, 3.05) is 27.7 Å². The first-order valence-electron chi connectivity index (χ1n) is 11.5. The van der Waals surface area contributed by atoms with Crippen molar-refractivity contribution in [2.24, 2.45) is 0 Å². The van der Waals surface area contributed by atoms with Crippen LogP contribution in [0.5, 0.6) is 0 Å². The number of rotatable bonds is 18. The van der Waals surface area contributed by atoms with Crippen LogP contribution < -0.4 is 5.32 Å². The van der Waals surface area contributed by atoms with Crippen LogP contribution in [0.25, 0.3) is 0 Å². The third kappa shape index (κ3) is 16.9. The molecule has 0 radical (unpaired) electrons. The van der Waals surface area contributed by atoms with Gasteiger partial charge in [-0.1, -0.05) is 90.4 Å². The maximum atomic E-state index is 11.9. The lowest BCUT2D eigenvalue weighted by molar-refractivity contribution is -0.893. The van der Waals surface area contributed by atoms with Gasteiger partial charge in [-0.25, -0.2) is 0 Å². The van der Waals surface area contributed by atoms with Crippen molar-refractivity contribution in [3.8, 4) is 0 Å². The minimum Gasteiger partial charge on any atom is -0.356 e. The zero-order valence-electron chi connectivity index (χ0n) is 18.7. The SMILES string of the molecule is CCCCCCCCCCCCCCCCNC(=O)CC(C)[N+](C)(C)C. The molecular weight excluding hydrogens is 320 g/mol. The Kier molecular flexibility index (Phi) is 16.2. The van der Waals surface area contributed by atoms with Gasteiger partial charge in [-0.15, -0.1) is 0 Å². The van der Waals surface area contributed by atoms with Crippen molar-refractivity contribution >= 4 is 5.91 Å². The first kappa shape index (κ1) is 25.4. The van der Waals surface area contributed by atoms with E-state index >= 15 is 0 Å². The fourth-order valence-electron chi connectivity index (χ4n) is 3.16. The average molecular weight is 370 g/mol. The van der Waals surface area contributed by atoms with E-state index in [9.17, 15) is 4.79 Å². The molecule has 1 N–H and O–H groups in total. The minimum atomic E-state index is 0.209. The van der Waals surface area contributed by atoms with E-state index in [-0.39, 0.29) is 5.91 Å². The number of hydrogen-bond acceptors (Lipinski definition) is 1. The molecule has 156 valence electrons. The van der Waals surface area contributed by atoms with Crippen LogP contribution in [0.1, 0.15) is 110 Å². The molecule has 0 heterocycles. The van der Waals surface area contributed by atoms with Gasteiger partial charge in [0.2, 0.25) is 5.91 Å². The summed E-state index contributed by atoms with van der Waals surface area (Å²) >= 11 is 0. The Bertz CT molecular complexity index is 323. The van der Waals surface area contributed by atoms with E-state index in [0.717, 1.165) is 17.4 Å². The number of carbonyl (C=O) groups is 1. The molecule has 0 saturated heterocycles. The van der Waals surface area contributed by atoms with Gasteiger partial charge in [-0.2, -0.15) is 0 Å². The fraction of sp³-hybridized carbons (Fsp3) is 0.957. The maximum absolute atomic E-state index is 11.9. The highest BCUT2D eigenvalue weighted by Gasteiger charge is 2.21. The summed E-state index contributed by atoms with van der Waals surface area (Å²) in [6.07, 6.45) is 19.9. The second kappa shape index (κ2) is 16.6. The van der Waals surface area contributed by atoms with Crippen LogP contribution in [0.4, 0.5) is 0 Å². The lowest BCUT2D eigenvalue weighted by Crippen LogP contribution is -2.45. The van der Waals surface area contributed by atoms with Crippen LogP contribution in [-0.2, 0) is 4.79 Å². The molecule has 0 rings (SSSR count). The smallest absolute Gasteiger partial charge is 0.225 e. The summed E-state index contributed by atoms with van der Waals surface area (Å²) in [6.45, 7) is 5.27. The molecule has 26 heavy (non-hydrogen) atoms. The average Bonchev–Trinajstić information content (AvgIpc) is 2.57. The Balaban J connectivity index is 3.25. The van der Waals surface area contributed by atoms with Crippen molar-refractivity contribution in [3.05, 3.63) is 0 Å². The van der Waals surface area contributed by atoms with E-state index in [1.807, 2.05) is 0 Å². The molecule has 0 aromatic rings. The van der Waals surface area contributed by atoms with Gasteiger partial charge in [0.05, 0.1) is 33.6 Å². The van der Waals surface area contributed by atoms with Crippen LogP contribution in [-0.4, -0.2) is 44.1 Å². The molecule has 1 atom stereocenters. The topological polar surface area (TPSA) is 29.1 Å². The third-order valence-electron chi connectivity index (χ3n) is 5.66. The summed E-state index contributed by atoms with van der Waals surface area (Å²) < 4.78 is 0.840. The van der Waals surface area contributed by atoms with Gasteiger partial charge in [0.25, 0.3) is 0 Å². The van der Waals surface area contributed by atoms with Gasteiger partial charge in [0, 0.05) is 6.54 Å². The van der Waals surface area contributed by atoms with Gasteiger partial charge < -0.3 is 9.80 Å². The molecule has 0 aromatic heterocycles. The van der Waals surface area contributed by atoms with Crippen LogP contribution >= 0.6 is 0 Å². The van der Waals surface area contributed by atoms with Gasteiger partial charge >= 0.3 is 0 Å². The van der Waals surface area contributed by atoms with Gasteiger partial charge in [-0.05, 0) is 13.3 Å². The number of nitrogens with zero attached hydrogens (tertiary/aromatic N) is 1. The largest absolute Gasteiger partial charge is 0.356 e. The lowest BCUT2D eigenvalue weighted by Gasteiger charge is -2.31. The molecule has 0 aliphatic heterocycles. The quantitative estimate of drug-likeness (QED) is 0.230. The third-order valence-corrected chi connectivity index (χ3v) is 5.66. The van der Waals surface area contributed by atoms with Crippen molar-refractivity contribution in [3.63, 3.8) is 0 Å². The minimum absolute atomic E-state index is 0.209. The normalized spacial score (nSPS) is 13.0. The molecule has 3 heteroatoms. The Hall–Kier alpha value is -0.570. The standard InChI is InChI=1S/C23H48N2O/c1-6-7-8-9-10-11-12-13-14-15-16-17-18-19-20-24-23(26)21-22(2)25(3,4)5/h22H,6-21H2,1-5H3/p+1. The molecule has 0 aliphatic rings. The monoisotopic (exact) mass is 369 g/mol. The molecule has 0 aromatic carbocycles. The Morgan fingerprint density at radius 1 is 0.731 bits per heavy atom. The molecular formula is C23H49N2O+. The highest BCUT2D eigenvalue weighted by Crippen LogP contribution is 2.13. The van der Waals surface area contributed by atoms with Crippen LogP contribution in [0.15, 0.2) is 0 Å². The van der Waals surface area contributed by atoms with E-state index in [1.54, 1.807) is 0 Å². The van der Waals surface area contributed by atoms with Gasteiger partial charge in [-0.3, -0.25) is 4.79 Å². The molecule has 0 bridgehead atoms. The molecule has 1 unspecified atom stereocenters. The second-order valence-corrected chi connectivity index (χ2v) is 9.12. The number of amides is 1. The molecule has 0 spiro atoms. The Morgan fingerprint density at radius 2 is 1.12 bits per heavy atom. The number of hydrogen-bond donors (Lipinski definition) is 1. The molecule has 3 nitrogen and oxygen atoms in total. The van der Waals surface area contributed by atoms with Crippen molar-refractivity contribution in [1.82, 2.24) is 5.32 Å². The summed E-state index contributed by atoms with van der Waals surface area (Å²) in [5.74, 6) is 0.209. The van der Waals surface area contributed by atoms with Gasteiger partial charge in [0.15, 0.2) is 0 Å². The van der Waals surface area contributed by atoms with E-state index in [1.165, 1.54) is 83.5 Å². The Labute approximate surface area is 164 Å². The second-order valence-electron chi connectivity index (χ2n) is 9.12.